The molecule has 8 nitrogen and oxygen atoms in total. The lowest BCUT2D eigenvalue weighted by Crippen LogP contribution is -2.39. The molecule has 1 saturated heterocycles. The van der Waals surface area contributed by atoms with Gasteiger partial charge in [-0.3, -0.25) is 19.3 Å². The quantitative estimate of drug-likeness (QED) is 0.743. The average Bonchev–Trinajstić information content (AvgIpc) is 3.09. The molecule has 4 rings (SSSR count). The number of likely N-dealkylation sites (tertiary alicyclic amines) is 1. The van der Waals surface area contributed by atoms with Gasteiger partial charge in [0, 0.05) is 30.6 Å². The third kappa shape index (κ3) is 4.46. The number of carbonyl (C=O) groups excluding carboxylic acids is 3. The van der Waals surface area contributed by atoms with Crippen LogP contribution in [0.3, 0.4) is 0 Å². The first-order valence-electron chi connectivity index (χ1n) is 10.8. The molecule has 0 aliphatic carbocycles. The Morgan fingerprint density at radius 2 is 1.91 bits per heavy atom. The molecule has 32 heavy (non-hydrogen) atoms. The number of nitrogens with zero attached hydrogens (tertiary/aromatic N) is 4. The molecule has 1 atom stereocenters. The number of carbonyl (C=O) groups is 3. The van der Waals surface area contributed by atoms with E-state index in [1.54, 1.807) is 21.9 Å². The zero-order valence-electron chi connectivity index (χ0n) is 18.0. The number of rotatable bonds is 6. The first-order chi connectivity index (χ1) is 15.3. The fourth-order valence-electron chi connectivity index (χ4n) is 4.35. The van der Waals surface area contributed by atoms with Gasteiger partial charge in [-0.2, -0.15) is 0 Å². The molecule has 0 radical (unpaired) electrons. The van der Waals surface area contributed by atoms with Crippen LogP contribution in [0.1, 0.15) is 60.8 Å². The number of halogens is 1. The summed E-state index contributed by atoms with van der Waals surface area (Å²) in [6, 6.07) is 5.72. The zero-order valence-corrected chi connectivity index (χ0v) is 18.0. The summed E-state index contributed by atoms with van der Waals surface area (Å²) in [5.74, 6) is -0.0113. The number of nitrogens with two attached hydrogens (primary N) is 1. The summed E-state index contributed by atoms with van der Waals surface area (Å²) in [5.41, 5.74) is 7.50. The number of anilines is 1. The number of aromatic nitrogens is 2. The van der Waals surface area contributed by atoms with E-state index in [2.05, 4.69) is 4.98 Å². The van der Waals surface area contributed by atoms with Gasteiger partial charge in [0.2, 0.25) is 17.7 Å². The molecule has 2 N–H and O–H groups in total. The smallest absolute Gasteiger partial charge is 0.233 e. The van der Waals surface area contributed by atoms with Crippen molar-refractivity contribution in [2.45, 2.75) is 58.0 Å². The van der Waals surface area contributed by atoms with Crippen LogP contribution >= 0.6 is 0 Å². The van der Waals surface area contributed by atoms with Crippen LogP contribution in [0, 0.1) is 12.7 Å². The Morgan fingerprint density at radius 3 is 2.62 bits per heavy atom. The minimum absolute atomic E-state index is 0.00603. The van der Waals surface area contributed by atoms with Crippen molar-refractivity contribution >= 4 is 23.5 Å². The summed E-state index contributed by atoms with van der Waals surface area (Å²) in [5, 5.41) is 0. The van der Waals surface area contributed by atoms with Crippen LogP contribution in [0.15, 0.2) is 24.3 Å². The number of benzene rings is 1. The Bertz CT molecular complexity index is 1060. The fourth-order valence-corrected chi connectivity index (χ4v) is 4.35. The summed E-state index contributed by atoms with van der Waals surface area (Å²) in [4.78, 5) is 49.3. The number of primary amides is 1. The lowest BCUT2D eigenvalue weighted by molar-refractivity contribution is -0.136. The fraction of sp³-hybridized carbons (Fsp3) is 0.435. The average molecular weight is 439 g/mol. The molecule has 0 bridgehead atoms. The molecule has 2 aliphatic rings. The number of fused-ring (bicyclic) bond motifs is 1. The van der Waals surface area contributed by atoms with E-state index in [9.17, 15) is 18.8 Å². The predicted octanol–water partition coefficient (Wildman–Crippen LogP) is 2.33. The molecule has 1 aromatic carbocycles. The minimum atomic E-state index is -0.508. The van der Waals surface area contributed by atoms with Crippen molar-refractivity contribution in [2.24, 2.45) is 5.73 Å². The van der Waals surface area contributed by atoms with Crippen molar-refractivity contribution in [3.8, 4) is 0 Å². The Morgan fingerprint density at radius 1 is 1.16 bits per heavy atom. The number of aryl methyl sites for hydroxylation is 1. The van der Waals surface area contributed by atoms with Gasteiger partial charge in [-0.15, -0.1) is 0 Å². The van der Waals surface area contributed by atoms with Gasteiger partial charge in [0.15, 0.2) is 5.82 Å². The largest absolute Gasteiger partial charge is 0.370 e. The monoisotopic (exact) mass is 439 g/mol. The SMILES string of the molecule is Cc1nc([C@@H]2CCCCN2C(=O)CCC(N)=O)nc2c1CC(=O)N2Cc1ccc(F)cc1. The summed E-state index contributed by atoms with van der Waals surface area (Å²) in [7, 11) is 0. The normalized spacial score (nSPS) is 18.1. The van der Waals surface area contributed by atoms with E-state index in [4.69, 9.17) is 10.7 Å². The van der Waals surface area contributed by atoms with Crippen molar-refractivity contribution in [1.82, 2.24) is 14.9 Å². The number of piperidine rings is 1. The number of hydrogen-bond donors (Lipinski definition) is 1. The summed E-state index contributed by atoms with van der Waals surface area (Å²) >= 11 is 0. The molecule has 0 spiro atoms. The van der Waals surface area contributed by atoms with Gasteiger partial charge in [0.25, 0.3) is 0 Å². The van der Waals surface area contributed by atoms with Crippen molar-refractivity contribution in [3.63, 3.8) is 0 Å². The van der Waals surface area contributed by atoms with Crippen molar-refractivity contribution in [2.75, 3.05) is 11.4 Å². The van der Waals surface area contributed by atoms with E-state index in [0.717, 1.165) is 29.7 Å². The van der Waals surface area contributed by atoms with E-state index in [-0.39, 0.29) is 49.5 Å². The van der Waals surface area contributed by atoms with Crippen molar-refractivity contribution in [1.29, 1.82) is 0 Å². The maximum atomic E-state index is 13.3. The predicted molar refractivity (Wildman–Crippen MR) is 115 cm³/mol. The van der Waals surface area contributed by atoms with Gasteiger partial charge in [-0.05, 0) is 43.9 Å². The van der Waals surface area contributed by atoms with E-state index < -0.39 is 5.91 Å². The van der Waals surface area contributed by atoms with Gasteiger partial charge in [0.05, 0.1) is 19.0 Å². The molecule has 3 heterocycles. The summed E-state index contributed by atoms with van der Waals surface area (Å²) in [6.45, 7) is 2.70. The molecule has 0 unspecified atom stereocenters. The Labute approximate surface area is 185 Å². The third-order valence-corrected chi connectivity index (χ3v) is 6.05. The Hall–Kier alpha value is -3.36. The van der Waals surface area contributed by atoms with Crippen molar-refractivity contribution in [3.05, 3.63) is 52.7 Å². The lowest BCUT2D eigenvalue weighted by Gasteiger charge is -2.35. The molecule has 9 heteroatoms. The second kappa shape index (κ2) is 9.02. The second-order valence-electron chi connectivity index (χ2n) is 8.32. The highest BCUT2D eigenvalue weighted by Gasteiger charge is 2.35. The Kier molecular flexibility index (Phi) is 6.16. The molecule has 2 aliphatic heterocycles. The topological polar surface area (TPSA) is 109 Å². The molecule has 0 saturated carbocycles. The standard InChI is InChI=1S/C23H26FN5O3/c1-14-17-12-21(32)29(13-15-5-7-16(24)8-6-15)23(17)27-22(26-14)18-4-2-3-11-28(18)20(31)10-9-19(25)30/h5-8,18H,2-4,9-13H2,1H3,(H2,25,30)/t18-/m0/s1. The van der Waals surface area contributed by atoms with Crippen LogP contribution in [0.4, 0.5) is 10.2 Å². The van der Waals surface area contributed by atoms with Crippen LogP contribution in [0.5, 0.6) is 0 Å². The third-order valence-electron chi connectivity index (χ3n) is 6.05. The second-order valence-corrected chi connectivity index (χ2v) is 8.32. The molecule has 1 aromatic heterocycles. The van der Waals surface area contributed by atoms with Gasteiger partial charge in [-0.25, -0.2) is 14.4 Å². The van der Waals surface area contributed by atoms with E-state index in [1.165, 1.54) is 12.1 Å². The van der Waals surface area contributed by atoms with Crippen LogP contribution in [0.2, 0.25) is 0 Å². The Balaban J connectivity index is 1.63. The highest BCUT2D eigenvalue weighted by atomic mass is 19.1. The van der Waals surface area contributed by atoms with Gasteiger partial charge >= 0.3 is 0 Å². The first kappa shape index (κ1) is 21.9. The molecule has 3 amide bonds. The van der Waals surface area contributed by atoms with Gasteiger partial charge in [-0.1, -0.05) is 12.1 Å². The van der Waals surface area contributed by atoms with Crippen LogP contribution < -0.4 is 10.6 Å². The van der Waals surface area contributed by atoms with Crippen LogP contribution in [-0.4, -0.2) is 39.1 Å². The first-order valence-corrected chi connectivity index (χ1v) is 10.8. The summed E-state index contributed by atoms with van der Waals surface area (Å²) in [6.07, 6.45) is 2.80. The summed E-state index contributed by atoms with van der Waals surface area (Å²) < 4.78 is 13.3. The number of amides is 3. The van der Waals surface area contributed by atoms with E-state index in [0.29, 0.717) is 24.6 Å². The van der Waals surface area contributed by atoms with Crippen molar-refractivity contribution < 1.29 is 18.8 Å². The van der Waals surface area contributed by atoms with Crippen LogP contribution in [-0.2, 0) is 27.3 Å². The molecule has 1 fully saturated rings. The van der Waals surface area contributed by atoms with Crippen LogP contribution in [0.25, 0.3) is 0 Å². The zero-order chi connectivity index (χ0) is 22.8. The molecule has 2 aromatic rings. The molecular weight excluding hydrogens is 413 g/mol. The van der Waals surface area contributed by atoms with Gasteiger partial charge in [0.1, 0.15) is 11.6 Å². The van der Waals surface area contributed by atoms with E-state index >= 15 is 0 Å². The lowest BCUT2D eigenvalue weighted by atomic mass is 10.00. The highest BCUT2D eigenvalue weighted by Crippen LogP contribution is 2.35. The van der Waals surface area contributed by atoms with Gasteiger partial charge < -0.3 is 10.6 Å². The molecule has 168 valence electrons. The molecular formula is C23H26FN5O3. The van der Waals surface area contributed by atoms with E-state index in [1.807, 2.05) is 6.92 Å². The maximum absolute atomic E-state index is 13.3. The highest BCUT2D eigenvalue weighted by molar-refractivity contribution is 6.00. The minimum Gasteiger partial charge on any atom is -0.370 e. The maximum Gasteiger partial charge on any atom is 0.233 e. The number of hydrogen-bond acceptors (Lipinski definition) is 5.